The minimum absolute atomic E-state index is 0.932. The van der Waals surface area contributed by atoms with Gasteiger partial charge in [-0.1, -0.05) is 12.5 Å². The van der Waals surface area contributed by atoms with Crippen LogP contribution in [0.1, 0.15) is 30.5 Å². The number of methoxy groups -OCH3 is 1. The first-order chi connectivity index (χ1) is 8.38. The molecule has 0 bridgehead atoms. The zero-order valence-electron chi connectivity index (χ0n) is 10.2. The third kappa shape index (κ3) is 1.88. The van der Waals surface area contributed by atoms with Crippen LogP contribution in [0.4, 0.5) is 0 Å². The maximum atomic E-state index is 5.41. The third-order valence-electron chi connectivity index (χ3n) is 3.57. The molecular formula is C15H17NO. The molecule has 0 saturated carbocycles. The Labute approximate surface area is 102 Å². The number of benzene rings is 1. The van der Waals surface area contributed by atoms with Crippen LogP contribution in [0, 0.1) is 0 Å². The standard InChI is InChI=1S/C15H17NO/c1-17-15-9-5-8-14-12(15)10-11-6-3-2-4-7-13(11)16-14/h5,8-10H,2-4,6-7H2,1H3. The summed E-state index contributed by atoms with van der Waals surface area (Å²) in [6, 6.07) is 8.37. The molecule has 0 radical (unpaired) electrons. The van der Waals surface area contributed by atoms with Crippen LogP contribution in [0.25, 0.3) is 10.9 Å². The van der Waals surface area contributed by atoms with Gasteiger partial charge in [-0.25, -0.2) is 0 Å². The Balaban J connectivity index is 2.22. The normalized spacial score (nSPS) is 15.4. The van der Waals surface area contributed by atoms with E-state index in [1.54, 1.807) is 7.11 Å². The average Bonchev–Trinajstić information content (AvgIpc) is 2.60. The smallest absolute Gasteiger partial charge is 0.128 e. The highest BCUT2D eigenvalue weighted by molar-refractivity contribution is 5.86. The maximum absolute atomic E-state index is 5.41. The molecule has 17 heavy (non-hydrogen) atoms. The van der Waals surface area contributed by atoms with Crippen LogP contribution in [0.15, 0.2) is 24.3 Å². The summed E-state index contributed by atoms with van der Waals surface area (Å²) in [7, 11) is 1.72. The van der Waals surface area contributed by atoms with Gasteiger partial charge in [-0.3, -0.25) is 4.98 Å². The fraction of sp³-hybridized carbons (Fsp3) is 0.400. The number of pyridine rings is 1. The molecule has 0 N–H and O–H groups in total. The van der Waals surface area contributed by atoms with Crippen molar-refractivity contribution in [2.75, 3.05) is 7.11 Å². The van der Waals surface area contributed by atoms with Crippen molar-refractivity contribution in [1.82, 2.24) is 4.98 Å². The molecule has 0 atom stereocenters. The van der Waals surface area contributed by atoms with E-state index in [0.29, 0.717) is 0 Å². The zero-order chi connectivity index (χ0) is 11.7. The molecule has 2 heteroatoms. The lowest BCUT2D eigenvalue weighted by Gasteiger charge is -2.09. The number of aromatic nitrogens is 1. The molecule has 1 heterocycles. The van der Waals surface area contributed by atoms with E-state index in [0.717, 1.165) is 29.5 Å². The first-order valence-corrected chi connectivity index (χ1v) is 6.34. The van der Waals surface area contributed by atoms with Crippen molar-refractivity contribution in [2.24, 2.45) is 0 Å². The predicted octanol–water partition coefficient (Wildman–Crippen LogP) is 3.51. The third-order valence-corrected chi connectivity index (χ3v) is 3.57. The minimum Gasteiger partial charge on any atom is -0.496 e. The Kier molecular flexibility index (Phi) is 2.71. The van der Waals surface area contributed by atoms with Crippen molar-refractivity contribution in [1.29, 1.82) is 0 Å². The largest absolute Gasteiger partial charge is 0.496 e. The highest BCUT2D eigenvalue weighted by Crippen LogP contribution is 2.28. The Morgan fingerprint density at radius 1 is 1.12 bits per heavy atom. The van der Waals surface area contributed by atoms with Gasteiger partial charge in [-0.05, 0) is 49.4 Å². The number of hydrogen-bond acceptors (Lipinski definition) is 2. The number of ether oxygens (including phenoxy) is 1. The van der Waals surface area contributed by atoms with E-state index in [1.807, 2.05) is 12.1 Å². The van der Waals surface area contributed by atoms with E-state index < -0.39 is 0 Å². The quantitative estimate of drug-likeness (QED) is 0.695. The van der Waals surface area contributed by atoms with E-state index in [-0.39, 0.29) is 0 Å². The molecule has 1 aromatic carbocycles. The Bertz CT molecular complexity index is 548. The molecule has 3 rings (SSSR count). The van der Waals surface area contributed by atoms with Crippen LogP contribution < -0.4 is 4.74 Å². The summed E-state index contributed by atoms with van der Waals surface area (Å²) in [5, 5.41) is 1.15. The van der Waals surface area contributed by atoms with Gasteiger partial charge >= 0.3 is 0 Å². The fourth-order valence-electron chi connectivity index (χ4n) is 2.65. The van der Waals surface area contributed by atoms with E-state index in [2.05, 4.69) is 12.1 Å². The van der Waals surface area contributed by atoms with Crippen LogP contribution >= 0.6 is 0 Å². The lowest BCUT2D eigenvalue weighted by molar-refractivity contribution is 0.419. The number of hydrogen-bond donors (Lipinski definition) is 0. The van der Waals surface area contributed by atoms with Gasteiger partial charge in [0.1, 0.15) is 5.75 Å². The van der Waals surface area contributed by atoms with Crippen molar-refractivity contribution in [3.63, 3.8) is 0 Å². The SMILES string of the molecule is COc1cccc2nc3c(cc12)CCCCC3. The van der Waals surface area contributed by atoms with Gasteiger partial charge in [0.05, 0.1) is 12.6 Å². The van der Waals surface area contributed by atoms with Crippen molar-refractivity contribution in [2.45, 2.75) is 32.1 Å². The topological polar surface area (TPSA) is 22.1 Å². The number of aryl methyl sites for hydroxylation is 2. The molecule has 1 aliphatic carbocycles. The molecule has 0 saturated heterocycles. The summed E-state index contributed by atoms with van der Waals surface area (Å²) in [5.74, 6) is 0.932. The molecule has 2 aromatic rings. The molecule has 1 aromatic heterocycles. The monoisotopic (exact) mass is 227 g/mol. The lowest BCUT2D eigenvalue weighted by Crippen LogP contribution is -1.97. The van der Waals surface area contributed by atoms with E-state index in [9.17, 15) is 0 Å². The summed E-state index contributed by atoms with van der Waals surface area (Å²) in [4.78, 5) is 4.80. The highest BCUT2D eigenvalue weighted by Gasteiger charge is 2.12. The molecule has 0 aliphatic heterocycles. The predicted molar refractivity (Wildman–Crippen MR) is 69.6 cm³/mol. The first kappa shape index (κ1) is 10.6. The van der Waals surface area contributed by atoms with Crippen LogP contribution in [0.5, 0.6) is 5.75 Å². The molecule has 1 aliphatic rings. The summed E-state index contributed by atoms with van der Waals surface area (Å²) >= 11 is 0. The van der Waals surface area contributed by atoms with Crippen molar-refractivity contribution < 1.29 is 4.74 Å². The summed E-state index contributed by atoms with van der Waals surface area (Å²) in [6.07, 6.45) is 6.17. The van der Waals surface area contributed by atoms with E-state index in [1.165, 1.54) is 30.5 Å². The van der Waals surface area contributed by atoms with Gasteiger partial charge in [0.25, 0.3) is 0 Å². The minimum atomic E-state index is 0.932. The van der Waals surface area contributed by atoms with Crippen LogP contribution in [-0.2, 0) is 12.8 Å². The maximum Gasteiger partial charge on any atom is 0.128 e. The van der Waals surface area contributed by atoms with Crippen LogP contribution in [-0.4, -0.2) is 12.1 Å². The van der Waals surface area contributed by atoms with Gasteiger partial charge in [0.2, 0.25) is 0 Å². The van der Waals surface area contributed by atoms with Crippen molar-refractivity contribution >= 4 is 10.9 Å². The summed E-state index contributed by atoms with van der Waals surface area (Å²) in [5.41, 5.74) is 3.77. The molecular weight excluding hydrogens is 210 g/mol. The van der Waals surface area contributed by atoms with E-state index in [4.69, 9.17) is 9.72 Å². The lowest BCUT2D eigenvalue weighted by atomic mass is 10.0. The Morgan fingerprint density at radius 2 is 2.00 bits per heavy atom. The molecule has 0 unspecified atom stereocenters. The van der Waals surface area contributed by atoms with Crippen molar-refractivity contribution in [3.05, 3.63) is 35.5 Å². The van der Waals surface area contributed by atoms with Gasteiger partial charge in [0.15, 0.2) is 0 Å². The second kappa shape index (κ2) is 4.36. The summed E-state index contributed by atoms with van der Waals surface area (Å²) < 4.78 is 5.41. The van der Waals surface area contributed by atoms with E-state index >= 15 is 0 Å². The molecule has 0 amide bonds. The van der Waals surface area contributed by atoms with Crippen molar-refractivity contribution in [3.8, 4) is 5.75 Å². The molecule has 2 nitrogen and oxygen atoms in total. The highest BCUT2D eigenvalue weighted by atomic mass is 16.5. The second-order valence-corrected chi connectivity index (χ2v) is 4.68. The van der Waals surface area contributed by atoms with Crippen LogP contribution in [0.3, 0.4) is 0 Å². The van der Waals surface area contributed by atoms with Gasteiger partial charge in [-0.15, -0.1) is 0 Å². The molecule has 88 valence electrons. The van der Waals surface area contributed by atoms with Gasteiger partial charge in [-0.2, -0.15) is 0 Å². The first-order valence-electron chi connectivity index (χ1n) is 6.34. The summed E-state index contributed by atoms with van der Waals surface area (Å²) in [6.45, 7) is 0. The number of fused-ring (bicyclic) bond motifs is 2. The Morgan fingerprint density at radius 3 is 2.88 bits per heavy atom. The van der Waals surface area contributed by atoms with Gasteiger partial charge < -0.3 is 4.74 Å². The average molecular weight is 227 g/mol. The Hall–Kier alpha value is -1.57. The zero-order valence-corrected chi connectivity index (χ0v) is 10.2. The van der Waals surface area contributed by atoms with Crippen LogP contribution in [0.2, 0.25) is 0 Å². The molecule has 0 fully saturated rings. The number of nitrogens with zero attached hydrogens (tertiary/aromatic N) is 1. The van der Waals surface area contributed by atoms with Gasteiger partial charge in [0, 0.05) is 11.1 Å². The molecule has 0 spiro atoms. The number of rotatable bonds is 1. The second-order valence-electron chi connectivity index (χ2n) is 4.68. The fourth-order valence-corrected chi connectivity index (χ4v) is 2.65.